The molecule has 1 aliphatic rings. The zero-order valence-electron chi connectivity index (χ0n) is 17.5. The zero-order chi connectivity index (χ0) is 24.1. The number of nitrogens with two attached hydrogens (primary N) is 1. The Balaban J connectivity index is 1.89. The molecule has 1 aliphatic heterocycles. The van der Waals surface area contributed by atoms with Crippen molar-refractivity contribution in [1.82, 2.24) is 19.2 Å². The molecule has 5 rings (SSSR count). The second-order valence-corrected chi connectivity index (χ2v) is 8.33. The summed E-state index contributed by atoms with van der Waals surface area (Å²) >= 11 is 12.5. The molecule has 168 valence electrons. The van der Waals surface area contributed by atoms with Gasteiger partial charge in [0.1, 0.15) is 11.6 Å². The smallest absolute Gasteiger partial charge is 0.269 e. The van der Waals surface area contributed by atoms with Gasteiger partial charge in [0.2, 0.25) is 23.4 Å². The summed E-state index contributed by atoms with van der Waals surface area (Å²) in [5, 5.41) is 14.8. The Labute approximate surface area is 202 Å². The number of ether oxygens (including phenoxy) is 1. The standard InChI is InChI=1S/C23H14Cl2N6O3/c1-11(32)20-29-31(13-5-3-2-4-6-13)23-28-21-18(22(33)30(20)23)17(15(10-26)19(27)34-21)14-8-7-12(24)9-16(14)25/h2-9,17H,27H2,1H3. The molecule has 11 heteroatoms. The summed E-state index contributed by atoms with van der Waals surface area (Å²) in [6.45, 7) is 1.30. The summed E-state index contributed by atoms with van der Waals surface area (Å²) in [5.41, 5.74) is 6.39. The van der Waals surface area contributed by atoms with Crippen molar-refractivity contribution in [3.63, 3.8) is 0 Å². The lowest BCUT2D eigenvalue weighted by Gasteiger charge is -2.25. The maximum absolute atomic E-state index is 13.9. The number of rotatable bonds is 3. The number of carbonyl (C=O) groups is 1. The molecular formula is C23H14Cl2N6O3. The van der Waals surface area contributed by atoms with Crippen molar-refractivity contribution in [3.8, 4) is 17.6 Å². The number of ketones is 1. The van der Waals surface area contributed by atoms with Gasteiger partial charge in [-0.05, 0) is 29.8 Å². The van der Waals surface area contributed by atoms with Gasteiger partial charge in [0, 0.05) is 17.0 Å². The van der Waals surface area contributed by atoms with Crippen LogP contribution in [0.3, 0.4) is 0 Å². The monoisotopic (exact) mass is 492 g/mol. The van der Waals surface area contributed by atoms with E-state index in [0.717, 1.165) is 4.40 Å². The summed E-state index contributed by atoms with van der Waals surface area (Å²) < 4.78 is 8.08. The summed E-state index contributed by atoms with van der Waals surface area (Å²) in [5.74, 6) is -1.83. The molecule has 0 radical (unpaired) electrons. The molecule has 0 saturated heterocycles. The van der Waals surface area contributed by atoms with Crippen molar-refractivity contribution in [1.29, 1.82) is 5.26 Å². The van der Waals surface area contributed by atoms with Crippen LogP contribution >= 0.6 is 23.2 Å². The Bertz CT molecular complexity index is 1630. The first-order valence-electron chi connectivity index (χ1n) is 9.96. The predicted molar refractivity (Wildman–Crippen MR) is 124 cm³/mol. The van der Waals surface area contributed by atoms with Gasteiger partial charge in [-0.15, -0.1) is 5.10 Å². The second-order valence-electron chi connectivity index (χ2n) is 7.49. The van der Waals surface area contributed by atoms with E-state index in [0.29, 0.717) is 16.3 Å². The minimum atomic E-state index is -0.990. The third kappa shape index (κ3) is 3.23. The van der Waals surface area contributed by atoms with E-state index in [1.54, 1.807) is 36.4 Å². The van der Waals surface area contributed by atoms with Crippen LogP contribution in [-0.2, 0) is 0 Å². The largest absolute Gasteiger partial charge is 0.422 e. The Morgan fingerprint density at radius 3 is 2.59 bits per heavy atom. The molecular weight excluding hydrogens is 479 g/mol. The van der Waals surface area contributed by atoms with Crippen LogP contribution in [0.2, 0.25) is 10.0 Å². The molecule has 0 spiro atoms. The molecule has 2 N–H and O–H groups in total. The van der Waals surface area contributed by atoms with Gasteiger partial charge in [-0.1, -0.05) is 47.5 Å². The predicted octanol–water partition coefficient (Wildman–Crippen LogP) is 3.61. The highest BCUT2D eigenvalue weighted by molar-refractivity contribution is 6.35. The highest BCUT2D eigenvalue weighted by Crippen LogP contribution is 2.42. The van der Waals surface area contributed by atoms with Crippen LogP contribution < -0.4 is 16.0 Å². The van der Waals surface area contributed by atoms with Crippen LogP contribution in [0.5, 0.6) is 5.88 Å². The lowest BCUT2D eigenvalue weighted by Crippen LogP contribution is -2.31. The highest BCUT2D eigenvalue weighted by Gasteiger charge is 2.37. The molecule has 34 heavy (non-hydrogen) atoms. The molecule has 9 nitrogen and oxygen atoms in total. The van der Waals surface area contributed by atoms with Crippen molar-refractivity contribution in [2.45, 2.75) is 12.8 Å². The molecule has 1 unspecified atom stereocenters. The number of halogens is 2. The van der Waals surface area contributed by atoms with Crippen LogP contribution in [0.15, 0.2) is 64.8 Å². The van der Waals surface area contributed by atoms with E-state index in [1.807, 2.05) is 12.1 Å². The first-order chi connectivity index (χ1) is 16.3. The van der Waals surface area contributed by atoms with Crippen molar-refractivity contribution in [2.24, 2.45) is 5.73 Å². The van der Waals surface area contributed by atoms with Gasteiger partial charge < -0.3 is 10.5 Å². The SMILES string of the molecule is CC(=O)c1nn(-c2ccccc2)c2nc3c(c(=O)n12)C(c1ccc(Cl)cc1Cl)C(C#N)=C(N)O3. The lowest BCUT2D eigenvalue weighted by atomic mass is 9.85. The molecule has 4 aromatic rings. The third-order valence-corrected chi connectivity index (χ3v) is 5.98. The average molecular weight is 493 g/mol. The number of Topliss-reactive ketones (excluding diaryl/α,β-unsaturated/α-hetero) is 1. The van der Waals surface area contributed by atoms with E-state index in [9.17, 15) is 14.9 Å². The highest BCUT2D eigenvalue weighted by atomic mass is 35.5. The first kappa shape index (κ1) is 21.7. The summed E-state index contributed by atoms with van der Waals surface area (Å²) in [7, 11) is 0. The number of allylic oxidation sites excluding steroid dienone is 1. The minimum absolute atomic E-state index is 0.00239. The summed E-state index contributed by atoms with van der Waals surface area (Å²) in [4.78, 5) is 30.8. The minimum Gasteiger partial charge on any atom is -0.422 e. The molecule has 3 heterocycles. The van der Waals surface area contributed by atoms with Crippen molar-refractivity contribution in [3.05, 3.63) is 97.3 Å². The average Bonchev–Trinajstić information content (AvgIpc) is 3.19. The number of nitrogens with zero attached hydrogens (tertiary/aromatic N) is 5. The lowest BCUT2D eigenvalue weighted by molar-refractivity contribution is 0.100. The number of benzene rings is 2. The van der Waals surface area contributed by atoms with Gasteiger partial charge in [0.25, 0.3) is 5.56 Å². The van der Waals surface area contributed by atoms with Gasteiger partial charge in [-0.2, -0.15) is 14.9 Å². The fraction of sp³-hybridized carbons (Fsp3) is 0.0870. The van der Waals surface area contributed by atoms with Gasteiger partial charge in [-0.25, -0.2) is 4.40 Å². The Morgan fingerprint density at radius 1 is 1.21 bits per heavy atom. The number of aromatic nitrogens is 4. The molecule has 0 bridgehead atoms. The maximum atomic E-state index is 13.9. The number of hydrogen-bond acceptors (Lipinski definition) is 7. The summed E-state index contributed by atoms with van der Waals surface area (Å²) in [6.07, 6.45) is 0. The van der Waals surface area contributed by atoms with Crippen LogP contribution in [0, 0.1) is 11.3 Å². The molecule has 2 aromatic carbocycles. The fourth-order valence-corrected chi connectivity index (χ4v) is 4.45. The van der Waals surface area contributed by atoms with Crippen molar-refractivity contribution < 1.29 is 9.53 Å². The molecule has 0 aliphatic carbocycles. The number of fused-ring (bicyclic) bond motifs is 2. The van der Waals surface area contributed by atoms with Gasteiger partial charge in [-0.3, -0.25) is 9.59 Å². The van der Waals surface area contributed by atoms with Gasteiger partial charge in [0.15, 0.2) is 5.78 Å². The van der Waals surface area contributed by atoms with Crippen LogP contribution in [0.4, 0.5) is 0 Å². The number of para-hydroxylation sites is 1. The van der Waals surface area contributed by atoms with Crippen LogP contribution in [0.25, 0.3) is 11.5 Å². The quantitative estimate of drug-likeness (QED) is 0.432. The Morgan fingerprint density at radius 2 is 1.94 bits per heavy atom. The van der Waals surface area contributed by atoms with Crippen molar-refractivity contribution in [2.75, 3.05) is 0 Å². The van der Waals surface area contributed by atoms with Crippen LogP contribution in [0.1, 0.15) is 34.6 Å². The molecule has 0 saturated carbocycles. The Hall–Kier alpha value is -4.13. The number of carbonyl (C=O) groups excluding carboxylic acids is 1. The topological polar surface area (TPSA) is 128 Å². The third-order valence-electron chi connectivity index (χ3n) is 5.42. The van der Waals surface area contributed by atoms with Gasteiger partial charge in [0.05, 0.1) is 17.2 Å². The maximum Gasteiger partial charge on any atom is 0.269 e. The summed E-state index contributed by atoms with van der Waals surface area (Å²) in [6, 6.07) is 15.6. The van der Waals surface area contributed by atoms with E-state index < -0.39 is 17.3 Å². The van der Waals surface area contributed by atoms with Crippen molar-refractivity contribution >= 4 is 34.8 Å². The van der Waals surface area contributed by atoms with Crippen LogP contribution in [-0.4, -0.2) is 24.9 Å². The number of nitriles is 1. The van der Waals surface area contributed by atoms with E-state index in [4.69, 9.17) is 33.7 Å². The zero-order valence-corrected chi connectivity index (χ0v) is 19.0. The normalized spacial score (nSPS) is 15.1. The molecule has 0 fully saturated rings. The fourth-order valence-electron chi connectivity index (χ4n) is 3.93. The first-order valence-corrected chi connectivity index (χ1v) is 10.7. The van der Waals surface area contributed by atoms with E-state index in [2.05, 4.69) is 10.1 Å². The molecule has 1 atom stereocenters. The Kier molecular flexibility index (Phi) is 5.12. The molecule has 2 aromatic heterocycles. The molecule has 0 amide bonds. The van der Waals surface area contributed by atoms with E-state index in [-0.39, 0.29) is 39.5 Å². The van der Waals surface area contributed by atoms with E-state index >= 15 is 0 Å². The number of hydrogen-bond donors (Lipinski definition) is 1. The van der Waals surface area contributed by atoms with Gasteiger partial charge >= 0.3 is 0 Å². The van der Waals surface area contributed by atoms with E-state index in [1.165, 1.54) is 17.7 Å². The second kappa shape index (κ2) is 8.02.